The molecule has 2 bridgehead atoms. The lowest BCUT2D eigenvalue weighted by Crippen LogP contribution is -2.50. The number of amides is 2. The van der Waals surface area contributed by atoms with Gasteiger partial charge in [0.15, 0.2) is 11.5 Å². The topological polar surface area (TPSA) is 135 Å². The number of fused-ring (bicyclic) bond motifs is 4. The van der Waals surface area contributed by atoms with Crippen molar-refractivity contribution in [2.75, 3.05) is 6.54 Å². The SMILES string of the molecule is O=C(NCc1cccc(OC(F)F)c1)c1cc(C(=O)NCC23CCC(C(=O)O)(CC2)CC3)n2ncc(F)c2n1. The van der Waals surface area contributed by atoms with Crippen LogP contribution < -0.4 is 15.4 Å². The van der Waals surface area contributed by atoms with E-state index in [-0.39, 0.29) is 34.7 Å². The molecule has 206 valence electrons. The number of carbonyl (C=O) groups is 3. The number of carboxylic acids is 1. The number of aliphatic carboxylic acids is 1. The van der Waals surface area contributed by atoms with Gasteiger partial charge in [-0.25, -0.2) is 13.9 Å². The molecule has 10 nitrogen and oxygen atoms in total. The zero-order chi connectivity index (χ0) is 27.8. The molecule has 0 aliphatic heterocycles. The lowest BCUT2D eigenvalue weighted by Gasteiger charge is -2.51. The fourth-order valence-electron chi connectivity index (χ4n) is 5.53. The number of carbonyl (C=O) groups excluding carboxylic acids is 2. The van der Waals surface area contributed by atoms with Crippen LogP contribution in [0.4, 0.5) is 13.2 Å². The molecule has 3 N–H and O–H groups in total. The number of rotatable bonds is 9. The summed E-state index contributed by atoms with van der Waals surface area (Å²) >= 11 is 0. The van der Waals surface area contributed by atoms with E-state index in [9.17, 15) is 32.7 Å². The van der Waals surface area contributed by atoms with Gasteiger partial charge in [0.1, 0.15) is 17.1 Å². The summed E-state index contributed by atoms with van der Waals surface area (Å²) in [6, 6.07) is 6.99. The largest absolute Gasteiger partial charge is 0.481 e. The minimum atomic E-state index is -2.99. The monoisotopic (exact) mass is 545 g/mol. The van der Waals surface area contributed by atoms with Crippen LogP contribution in [0.3, 0.4) is 0 Å². The number of benzene rings is 1. The maximum absolute atomic E-state index is 14.4. The Morgan fingerprint density at radius 1 is 1.05 bits per heavy atom. The number of hydrogen-bond donors (Lipinski definition) is 3. The molecule has 0 radical (unpaired) electrons. The summed E-state index contributed by atoms with van der Waals surface area (Å²) < 4.78 is 44.7. The van der Waals surface area contributed by atoms with E-state index >= 15 is 0 Å². The summed E-state index contributed by atoms with van der Waals surface area (Å²) in [7, 11) is 0. The molecule has 2 aromatic heterocycles. The fraction of sp³-hybridized carbons (Fsp3) is 0.423. The first kappa shape index (κ1) is 26.4. The first-order valence-corrected chi connectivity index (χ1v) is 12.5. The highest BCUT2D eigenvalue weighted by atomic mass is 19.3. The van der Waals surface area contributed by atoms with Crippen molar-refractivity contribution in [2.24, 2.45) is 10.8 Å². The van der Waals surface area contributed by atoms with E-state index < -0.39 is 35.6 Å². The maximum atomic E-state index is 14.4. The summed E-state index contributed by atoms with van der Waals surface area (Å²) in [6.07, 6.45) is 4.61. The first-order chi connectivity index (χ1) is 18.6. The molecule has 2 heterocycles. The zero-order valence-electron chi connectivity index (χ0n) is 20.8. The van der Waals surface area contributed by atoms with Crippen molar-refractivity contribution in [2.45, 2.75) is 51.7 Å². The molecular weight excluding hydrogens is 519 g/mol. The third kappa shape index (κ3) is 5.25. The predicted octanol–water partition coefficient (Wildman–Crippen LogP) is 3.55. The van der Waals surface area contributed by atoms with Crippen molar-refractivity contribution >= 4 is 23.4 Å². The first-order valence-electron chi connectivity index (χ1n) is 12.5. The van der Waals surface area contributed by atoms with Crippen molar-refractivity contribution in [3.63, 3.8) is 0 Å². The molecule has 0 saturated heterocycles. The van der Waals surface area contributed by atoms with E-state index in [0.717, 1.165) is 10.7 Å². The van der Waals surface area contributed by atoms with Gasteiger partial charge in [0.2, 0.25) is 0 Å². The second-order valence-corrected chi connectivity index (χ2v) is 10.2. The number of ether oxygens (including phenoxy) is 1. The highest BCUT2D eigenvalue weighted by Crippen LogP contribution is 2.56. The Morgan fingerprint density at radius 2 is 1.77 bits per heavy atom. The van der Waals surface area contributed by atoms with Crippen LogP contribution in [-0.4, -0.2) is 50.6 Å². The highest BCUT2D eigenvalue weighted by molar-refractivity contribution is 5.98. The Kier molecular flexibility index (Phi) is 6.91. The standard InChI is InChI=1S/C26H26F3N5O5/c27-17-13-32-34-19(22(36)31-14-25-4-7-26(8-5-25,9-6-25)23(37)38)11-18(33-20(17)34)21(35)30-12-15-2-1-3-16(10-15)39-24(28)29/h1-3,10-11,13,24H,4-9,12,14H2,(H,30,35)(H,31,36)(H,37,38). The average molecular weight is 546 g/mol. The molecule has 39 heavy (non-hydrogen) atoms. The molecule has 3 aliphatic carbocycles. The molecule has 3 aliphatic rings. The third-order valence-electron chi connectivity index (χ3n) is 7.95. The number of halogens is 3. The minimum Gasteiger partial charge on any atom is -0.481 e. The van der Waals surface area contributed by atoms with E-state index in [0.29, 0.717) is 50.6 Å². The van der Waals surface area contributed by atoms with Gasteiger partial charge in [-0.2, -0.15) is 13.9 Å². The van der Waals surface area contributed by atoms with Crippen molar-refractivity contribution in [3.8, 4) is 5.75 Å². The van der Waals surface area contributed by atoms with Crippen LogP contribution >= 0.6 is 0 Å². The van der Waals surface area contributed by atoms with Crippen LogP contribution in [-0.2, 0) is 11.3 Å². The summed E-state index contributed by atoms with van der Waals surface area (Å²) in [5.74, 6) is -2.94. The van der Waals surface area contributed by atoms with Crippen LogP contribution in [0.25, 0.3) is 5.65 Å². The Morgan fingerprint density at radius 3 is 2.44 bits per heavy atom. The summed E-state index contributed by atoms with van der Waals surface area (Å²) in [6.45, 7) is -2.74. The number of nitrogens with one attached hydrogen (secondary N) is 2. The maximum Gasteiger partial charge on any atom is 0.387 e. The van der Waals surface area contributed by atoms with E-state index in [1.807, 2.05) is 0 Å². The molecule has 2 amide bonds. The lowest BCUT2D eigenvalue weighted by atomic mass is 9.53. The molecule has 6 rings (SSSR count). The van der Waals surface area contributed by atoms with E-state index in [1.165, 1.54) is 24.3 Å². The van der Waals surface area contributed by atoms with Crippen molar-refractivity contribution < 1.29 is 37.4 Å². The number of alkyl halides is 2. The molecule has 0 atom stereocenters. The fourth-order valence-corrected chi connectivity index (χ4v) is 5.53. The molecule has 1 aromatic carbocycles. The van der Waals surface area contributed by atoms with Crippen LogP contribution in [0.5, 0.6) is 5.75 Å². The van der Waals surface area contributed by atoms with Crippen LogP contribution in [0.1, 0.15) is 65.1 Å². The van der Waals surface area contributed by atoms with Crippen molar-refractivity contribution in [1.29, 1.82) is 0 Å². The minimum absolute atomic E-state index is 0.0598. The molecular formula is C26H26F3N5O5. The Balaban J connectivity index is 1.30. The predicted molar refractivity (Wildman–Crippen MR) is 130 cm³/mol. The third-order valence-corrected chi connectivity index (χ3v) is 7.95. The second-order valence-electron chi connectivity index (χ2n) is 10.2. The molecule has 0 spiro atoms. The van der Waals surface area contributed by atoms with Crippen molar-refractivity contribution in [3.05, 3.63) is 59.3 Å². The number of nitrogens with zero attached hydrogens (tertiary/aromatic N) is 3. The smallest absolute Gasteiger partial charge is 0.387 e. The van der Waals surface area contributed by atoms with E-state index in [2.05, 4.69) is 25.5 Å². The lowest BCUT2D eigenvalue weighted by molar-refractivity contribution is -0.158. The van der Waals surface area contributed by atoms with Gasteiger partial charge in [0, 0.05) is 19.2 Å². The Bertz CT molecular complexity index is 1420. The van der Waals surface area contributed by atoms with E-state index in [4.69, 9.17) is 0 Å². The molecule has 3 saturated carbocycles. The number of carboxylic acid groups (broad SMARTS) is 1. The van der Waals surface area contributed by atoms with Crippen LogP contribution in [0, 0.1) is 16.6 Å². The van der Waals surface area contributed by atoms with Gasteiger partial charge in [-0.3, -0.25) is 14.4 Å². The molecule has 0 unspecified atom stereocenters. The normalized spacial score (nSPS) is 22.2. The quantitative estimate of drug-likeness (QED) is 0.374. The van der Waals surface area contributed by atoms with Gasteiger partial charge in [0.05, 0.1) is 11.6 Å². The van der Waals surface area contributed by atoms with E-state index in [1.54, 1.807) is 6.07 Å². The molecule has 3 fully saturated rings. The van der Waals surface area contributed by atoms with Crippen molar-refractivity contribution in [1.82, 2.24) is 25.2 Å². The Hall–Kier alpha value is -4.16. The van der Waals surface area contributed by atoms with Gasteiger partial charge in [0.25, 0.3) is 11.8 Å². The second kappa shape index (κ2) is 10.2. The molecule has 3 aromatic rings. The number of hydrogen-bond acceptors (Lipinski definition) is 6. The summed E-state index contributed by atoms with van der Waals surface area (Å²) in [5, 5.41) is 18.9. The Labute approximate surface area is 220 Å². The van der Waals surface area contributed by atoms with Gasteiger partial charge in [-0.15, -0.1) is 0 Å². The highest BCUT2D eigenvalue weighted by Gasteiger charge is 2.52. The van der Waals surface area contributed by atoms with Gasteiger partial charge >= 0.3 is 12.6 Å². The average Bonchev–Trinajstić information content (AvgIpc) is 3.31. The molecule has 13 heteroatoms. The van der Waals surface area contributed by atoms with Crippen LogP contribution in [0.2, 0.25) is 0 Å². The van der Waals surface area contributed by atoms with Crippen LogP contribution in [0.15, 0.2) is 36.5 Å². The van der Waals surface area contributed by atoms with Gasteiger partial charge < -0.3 is 20.5 Å². The van der Waals surface area contributed by atoms with Gasteiger partial charge in [-0.1, -0.05) is 12.1 Å². The number of aromatic nitrogens is 3. The zero-order valence-corrected chi connectivity index (χ0v) is 20.8. The summed E-state index contributed by atoms with van der Waals surface area (Å²) in [4.78, 5) is 41.8. The summed E-state index contributed by atoms with van der Waals surface area (Å²) in [5.41, 5.74) is -1.04. The van der Waals surface area contributed by atoms with Gasteiger partial charge in [-0.05, 0) is 61.6 Å².